The van der Waals surface area contributed by atoms with Crippen molar-refractivity contribution in [1.29, 1.82) is 0 Å². The standard InChI is InChI=1S/C9H11F3N2O.ClH/c1-6-2-8(14-4-7(6)3-13)15-5-9(10,11)12;/h2,4H,3,5,13H2,1H3;1H. The second kappa shape index (κ2) is 5.91. The van der Waals surface area contributed by atoms with Crippen molar-refractivity contribution in [2.75, 3.05) is 6.61 Å². The minimum absolute atomic E-state index is 0. The smallest absolute Gasteiger partial charge is 0.422 e. The van der Waals surface area contributed by atoms with Crippen molar-refractivity contribution < 1.29 is 17.9 Å². The maximum atomic E-state index is 11.8. The Kier molecular flexibility index (Phi) is 5.53. The summed E-state index contributed by atoms with van der Waals surface area (Å²) in [4.78, 5) is 3.71. The van der Waals surface area contributed by atoms with Crippen molar-refractivity contribution in [2.24, 2.45) is 5.73 Å². The van der Waals surface area contributed by atoms with E-state index in [2.05, 4.69) is 9.72 Å². The SMILES string of the molecule is Cc1cc(OCC(F)(F)F)ncc1CN.Cl. The Balaban J connectivity index is 0.00000225. The molecule has 0 spiro atoms. The zero-order valence-corrected chi connectivity index (χ0v) is 9.36. The van der Waals surface area contributed by atoms with Gasteiger partial charge in [0.25, 0.3) is 0 Å². The summed E-state index contributed by atoms with van der Waals surface area (Å²) in [6.45, 7) is 0.712. The molecule has 0 amide bonds. The van der Waals surface area contributed by atoms with Gasteiger partial charge in [-0.3, -0.25) is 0 Å². The van der Waals surface area contributed by atoms with E-state index in [9.17, 15) is 13.2 Å². The molecule has 16 heavy (non-hydrogen) atoms. The molecule has 0 unspecified atom stereocenters. The summed E-state index contributed by atoms with van der Waals surface area (Å²) in [6, 6.07) is 1.44. The fraction of sp³-hybridized carbons (Fsp3) is 0.444. The van der Waals surface area contributed by atoms with E-state index in [1.807, 2.05) is 0 Å². The van der Waals surface area contributed by atoms with E-state index < -0.39 is 12.8 Å². The lowest BCUT2D eigenvalue weighted by atomic mass is 10.2. The van der Waals surface area contributed by atoms with Gasteiger partial charge in [-0.1, -0.05) is 0 Å². The Morgan fingerprint density at radius 3 is 2.50 bits per heavy atom. The van der Waals surface area contributed by atoms with Crippen LogP contribution in [0, 0.1) is 6.92 Å². The number of nitrogens with zero attached hydrogens (tertiary/aromatic N) is 1. The van der Waals surface area contributed by atoms with Gasteiger partial charge in [0.1, 0.15) is 0 Å². The van der Waals surface area contributed by atoms with E-state index >= 15 is 0 Å². The molecule has 7 heteroatoms. The first-order valence-corrected chi connectivity index (χ1v) is 4.27. The number of aryl methyl sites for hydroxylation is 1. The lowest BCUT2D eigenvalue weighted by Gasteiger charge is -2.09. The topological polar surface area (TPSA) is 48.1 Å². The van der Waals surface area contributed by atoms with Crippen molar-refractivity contribution in [1.82, 2.24) is 4.98 Å². The zero-order chi connectivity index (χ0) is 11.5. The monoisotopic (exact) mass is 256 g/mol. The normalized spacial score (nSPS) is 10.8. The molecule has 1 aromatic rings. The van der Waals surface area contributed by atoms with Gasteiger partial charge in [-0.25, -0.2) is 4.98 Å². The highest BCUT2D eigenvalue weighted by Gasteiger charge is 2.28. The number of pyridine rings is 1. The molecule has 1 rings (SSSR count). The minimum atomic E-state index is -4.35. The Hall–Kier alpha value is -1.01. The summed E-state index contributed by atoms with van der Waals surface area (Å²) < 4.78 is 39.9. The molecule has 0 aromatic carbocycles. The quantitative estimate of drug-likeness (QED) is 0.902. The number of aromatic nitrogens is 1. The molecular formula is C9H12ClF3N2O. The van der Waals surface area contributed by atoms with E-state index in [1.165, 1.54) is 12.3 Å². The van der Waals surface area contributed by atoms with E-state index in [1.54, 1.807) is 6.92 Å². The molecule has 92 valence electrons. The molecule has 0 saturated heterocycles. The van der Waals surface area contributed by atoms with Gasteiger partial charge in [0.2, 0.25) is 5.88 Å². The maximum Gasteiger partial charge on any atom is 0.422 e. The summed E-state index contributed by atoms with van der Waals surface area (Å²) >= 11 is 0. The second-order valence-corrected chi connectivity index (χ2v) is 3.06. The number of ether oxygens (including phenoxy) is 1. The van der Waals surface area contributed by atoms with Crippen LogP contribution in [0.2, 0.25) is 0 Å². The number of rotatable bonds is 3. The minimum Gasteiger partial charge on any atom is -0.468 e. The van der Waals surface area contributed by atoms with Crippen LogP contribution in [-0.4, -0.2) is 17.8 Å². The van der Waals surface area contributed by atoms with Crippen LogP contribution in [0.25, 0.3) is 0 Å². The molecule has 0 bridgehead atoms. The number of hydrogen-bond donors (Lipinski definition) is 1. The number of halogens is 4. The van der Waals surface area contributed by atoms with Gasteiger partial charge in [0.05, 0.1) is 0 Å². The van der Waals surface area contributed by atoms with Gasteiger partial charge >= 0.3 is 6.18 Å². The van der Waals surface area contributed by atoms with Gasteiger partial charge in [-0.05, 0) is 18.1 Å². The average molecular weight is 257 g/mol. The van der Waals surface area contributed by atoms with E-state index in [4.69, 9.17) is 5.73 Å². The summed E-state index contributed by atoms with van der Waals surface area (Å²) in [5.41, 5.74) is 6.94. The average Bonchev–Trinajstić information content (AvgIpc) is 2.14. The van der Waals surface area contributed by atoms with Crippen LogP contribution < -0.4 is 10.5 Å². The Morgan fingerprint density at radius 1 is 1.44 bits per heavy atom. The van der Waals surface area contributed by atoms with Crippen LogP contribution in [0.5, 0.6) is 5.88 Å². The van der Waals surface area contributed by atoms with Crippen LogP contribution >= 0.6 is 12.4 Å². The molecular weight excluding hydrogens is 245 g/mol. The molecule has 0 radical (unpaired) electrons. The van der Waals surface area contributed by atoms with Crippen molar-refractivity contribution in [3.63, 3.8) is 0 Å². The van der Waals surface area contributed by atoms with Crippen molar-refractivity contribution in [3.8, 4) is 5.88 Å². The van der Waals surface area contributed by atoms with E-state index in [0.29, 0.717) is 6.54 Å². The largest absolute Gasteiger partial charge is 0.468 e. The van der Waals surface area contributed by atoms with Crippen LogP contribution in [0.3, 0.4) is 0 Å². The Labute approximate surface area is 97.2 Å². The van der Waals surface area contributed by atoms with Gasteiger partial charge < -0.3 is 10.5 Å². The number of alkyl halides is 3. The van der Waals surface area contributed by atoms with Crippen molar-refractivity contribution in [2.45, 2.75) is 19.6 Å². The summed E-state index contributed by atoms with van der Waals surface area (Å²) in [5.74, 6) is -0.0398. The molecule has 1 heterocycles. The number of hydrogen-bond acceptors (Lipinski definition) is 3. The van der Waals surface area contributed by atoms with E-state index in [-0.39, 0.29) is 18.3 Å². The predicted molar refractivity (Wildman–Crippen MR) is 55.7 cm³/mol. The first-order valence-electron chi connectivity index (χ1n) is 4.27. The van der Waals surface area contributed by atoms with Crippen LogP contribution in [-0.2, 0) is 6.54 Å². The van der Waals surface area contributed by atoms with Crippen molar-refractivity contribution >= 4 is 12.4 Å². The third kappa shape index (κ3) is 4.67. The van der Waals surface area contributed by atoms with Crippen molar-refractivity contribution in [3.05, 3.63) is 23.4 Å². The zero-order valence-electron chi connectivity index (χ0n) is 8.54. The first-order chi connectivity index (χ1) is 6.92. The molecule has 0 aliphatic heterocycles. The van der Waals surface area contributed by atoms with E-state index in [0.717, 1.165) is 11.1 Å². The molecule has 0 aliphatic carbocycles. The second-order valence-electron chi connectivity index (χ2n) is 3.06. The Morgan fingerprint density at radius 2 is 2.06 bits per heavy atom. The first kappa shape index (κ1) is 15.0. The van der Waals surface area contributed by atoms with Gasteiger partial charge in [0, 0.05) is 18.8 Å². The lowest BCUT2D eigenvalue weighted by Crippen LogP contribution is -2.19. The predicted octanol–water partition coefficient (Wildman–Crippen LogP) is 2.21. The maximum absolute atomic E-state index is 11.8. The fourth-order valence-electron chi connectivity index (χ4n) is 1.01. The Bertz CT molecular complexity index is 344. The third-order valence-electron chi connectivity index (χ3n) is 1.80. The summed E-state index contributed by atoms with van der Waals surface area (Å²) in [7, 11) is 0. The number of nitrogens with two attached hydrogens (primary N) is 1. The molecule has 3 nitrogen and oxygen atoms in total. The molecule has 0 saturated carbocycles. The highest BCUT2D eigenvalue weighted by atomic mass is 35.5. The molecule has 0 aliphatic rings. The van der Waals surface area contributed by atoms with Gasteiger partial charge in [0.15, 0.2) is 6.61 Å². The summed E-state index contributed by atoms with van der Waals surface area (Å²) in [5, 5.41) is 0. The van der Waals surface area contributed by atoms with Crippen LogP contribution in [0.4, 0.5) is 13.2 Å². The van der Waals surface area contributed by atoms with Crippen LogP contribution in [0.15, 0.2) is 12.3 Å². The molecule has 1 aromatic heterocycles. The third-order valence-corrected chi connectivity index (χ3v) is 1.80. The fourth-order valence-corrected chi connectivity index (χ4v) is 1.01. The van der Waals surface area contributed by atoms with Gasteiger partial charge in [-0.2, -0.15) is 13.2 Å². The van der Waals surface area contributed by atoms with Gasteiger partial charge in [-0.15, -0.1) is 12.4 Å². The molecule has 0 atom stereocenters. The van der Waals surface area contributed by atoms with Crippen LogP contribution in [0.1, 0.15) is 11.1 Å². The highest BCUT2D eigenvalue weighted by Crippen LogP contribution is 2.18. The molecule has 0 fully saturated rings. The molecule has 2 N–H and O–H groups in total. The summed E-state index contributed by atoms with van der Waals surface area (Å²) in [6.07, 6.45) is -2.93. The highest BCUT2D eigenvalue weighted by molar-refractivity contribution is 5.85. The lowest BCUT2D eigenvalue weighted by molar-refractivity contribution is -0.154.